The van der Waals surface area contributed by atoms with Gasteiger partial charge in [0.25, 0.3) is 0 Å². The maximum atomic E-state index is 12.2. The standard InChI is InChI=1S/C17H24N2OS/c20-17(5-4-15-7-11-21-14-15)19-10-6-16(13-19)12-18-8-2-1-3-9-18/h4-5,7,11,14,16H,1-3,6,8-10,12-13H2/b5-4-/t16-/m1/s1. The van der Waals surface area contributed by atoms with E-state index in [0.29, 0.717) is 5.92 Å². The van der Waals surface area contributed by atoms with E-state index in [9.17, 15) is 4.79 Å². The zero-order chi connectivity index (χ0) is 14.5. The Kier molecular flexibility index (Phi) is 5.09. The Balaban J connectivity index is 1.46. The van der Waals surface area contributed by atoms with Gasteiger partial charge in [-0.1, -0.05) is 6.42 Å². The van der Waals surface area contributed by atoms with Crippen molar-refractivity contribution in [2.24, 2.45) is 5.92 Å². The van der Waals surface area contributed by atoms with Crippen molar-refractivity contribution in [2.45, 2.75) is 25.7 Å². The molecular formula is C17H24N2OS. The Morgan fingerprint density at radius 1 is 1.29 bits per heavy atom. The second kappa shape index (κ2) is 7.23. The highest BCUT2D eigenvalue weighted by Gasteiger charge is 2.26. The van der Waals surface area contributed by atoms with Crippen molar-refractivity contribution >= 4 is 23.3 Å². The molecule has 4 heteroatoms. The van der Waals surface area contributed by atoms with E-state index in [1.807, 2.05) is 22.4 Å². The second-order valence-electron chi connectivity index (χ2n) is 6.19. The minimum atomic E-state index is 0.169. The van der Waals surface area contributed by atoms with Gasteiger partial charge in [0.05, 0.1) is 0 Å². The largest absolute Gasteiger partial charge is 0.339 e. The maximum absolute atomic E-state index is 12.2. The molecule has 0 bridgehead atoms. The van der Waals surface area contributed by atoms with E-state index >= 15 is 0 Å². The second-order valence-corrected chi connectivity index (χ2v) is 6.97. The zero-order valence-electron chi connectivity index (χ0n) is 12.5. The van der Waals surface area contributed by atoms with Gasteiger partial charge < -0.3 is 9.80 Å². The Morgan fingerprint density at radius 2 is 2.14 bits per heavy atom. The minimum Gasteiger partial charge on any atom is -0.339 e. The van der Waals surface area contributed by atoms with Crippen LogP contribution in [0.2, 0.25) is 0 Å². The molecule has 114 valence electrons. The number of amides is 1. The Bertz CT molecular complexity index is 477. The van der Waals surface area contributed by atoms with E-state index in [-0.39, 0.29) is 5.91 Å². The highest BCUT2D eigenvalue weighted by atomic mass is 32.1. The molecule has 0 N–H and O–H groups in total. The number of nitrogens with zero attached hydrogens (tertiary/aromatic N) is 2. The van der Waals surface area contributed by atoms with E-state index < -0.39 is 0 Å². The Labute approximate surface area is 131 Å². The first-order chi connectivity index (χ1) is 10.3. The number of rotatable bonds is 4. The summed E-state index contributed by atoms with van der Waals surface area (Å²) in [5.41, 5.74) is 1.12. The summed E-state index contributed by atoms with van der Waals surface area (Å²) >= 11 is 1.66. The average Bonchev–Trinajstić information content (AvgIpc) is 3.17. The third kappa shape index (κ3) is 4.17. The summed E-state index contributed by atoms with van der Waals surface area (Å²) in [6.45, 7) is 5.54. The van der Waals surface area contributed by atoms with Crippen LogP contribution >= 0.6 is 11.3 Å². The van der Waals surface area contributed by atoms with Gasteiger partial charge in [-0.25, -0.2) is 0 Å². The van der Waals surface area contributed by atoms with Crippen LogP contribution in [0.25, 0.3) is 6.08 Å². The quantitative estimate of drug-likeness (QED) is 0.798. The average molecular weight is 304 g/mol. The summed E-state index contributed by atoms with van der Waals surface area (Å²) in [6, 6.07) is 2.04. The SMILES string of the molecule is O=C(/C=C\c1ccsc1)N1CC[C@H](CN2CCCCC2)C1. The van der Waals surface area contributed by atoms with Gasteiger partial charge in [-0.2, -0.15) is 11.3 Å². The van der Waals surface area contributed by atoms with Gasteiger partial charge >= 0.3 is 0 Å². The lowest BCUT2D eigenvalue weighted by Gasteiger charge is -2.28. The summed E-state index contributed by atoms with van der Waals surface area (Å²) in [5.74, 6) is 0.837. The third-order valence-electron chi connectivity index (χ3n) is 4.52. The Hall–Kier alpha value is -1.13. The Morgan fingerprint density at radius 3 is 2.90 bits per heavy atom. The molecule has 1 aromatic heterocycles. The molecule has 0 saturated carbocycles. The van der Waals surface area contributed by atoms with Gasteiger partial charge in [0.2, 0.25) is 5.91 Å². The first kappa shape index (κ1) is 14.8. The van der Waals surface area contributed by atoms with Crippen LogP contribution in [0.4, 0.5) is 0 Å². The molecular weight excluding hydrogens is 280 g/mol. The molecule has 21 heavy (non-hydrogen) atoms. The molecule has 0 aliphatic carbocycles. The number of hydrogen-bond donors (Lipinski definition) is 0. The molecule has 3 rings (SSSR count). The molecule has 2 saturated heterocycles. The van der Waals surface area contributed by atoms with Crippen LogP contribution in [0.5, 0.6) is 0 Å². The molecule has 1 atom stereocenters. The fourth-order valence-corrected chi connectivity index (χ4v) is 3.96. The first-order valence-electron chi connectivity index (χ1n) is 8.03. The summed E-state index contributed by atoms with van der Waals surface area (Å²) in [7, 11) is 0. The maximum Gasteiger partial charge on any atom is 0.246 e. The number of piperidine rings is 1. The third-order valence-corrected chi connectivity index (χ3v) is 5.23. The zero-order valence-corrected chi connectivity index (χ0v) is 13.4. The van der Waals surface area contributed by atoms with Crippen molar-refractivity contribution in [3.05, 3.63) is 28.5 Å². The highest BCUT2D eigenvalue weighted by molar-refractivity contribution is 7.08. The molecule has 2 fully saturated rings. The van der Waals surface area contributed by atoms with Crippen LogP contribution in [0.3, 0.4) is 0 Å². The van der Waals surface area contributed by atoms with Crippen LogP contribution in [0.15, 0.2) is 22.9 Å². The van der Waals surface area contributed by atoms with Crippen molar-refractivity contribution in [3.8, 4) is 0 Å². The van der Waals surface area contributed by atoms with Crippen LogP contribution in [-0.2, 0) is 4.79 Å². The summed E-state index contributed by atoms with van der Waals surface area (Å²) in [6.07, 6.45) is 8.90. The molecule has 2 aliphatic rings. The predicted octanol–water partition coefficient (Wildman–Crippen LogP) is 3.10. The molecule has 0 spiro atoms. The van der Waals surface area contributed by atoms with Crippen molar-refractivity contribution in [3.63, 3.8) is 0 Å². The topological polar surface area (TPSA) is 23.6 Å². The number of thiophene rings is 1. The normalized spacial score (nSPS) is 24.0. The van der Waals surface area contributed by atoms with Crippen LogP contribution in [0, 0.1) is 5.92 Å². The minimum absolute atomic E-state index is 0.169. The van der Waals surface area contributed by atoms with Gasteiger partial charge in [-0.3, -0.25) is 4.79 Å². The van der Waals surface area contributed by atoms with E-state index in [0.717, 1.165) is 25.1 Å². The number of carbonyl (C=O) groups is 1. The lowest BCUT2D eigenvalue weighted by atomic mass is 10.1. The van der Waals surface area contributed by atoms with Crippen molar-refractivity contribution in [1.29, 1.82) is 0 Å². The number of likely N-dealkylation sites (tertiary alicyclic amines) is 2. The van der Waals surface area contributed by atoms with Gasteiger partial charge in [-0.15, -0.1) is 0 Å². The summed E-state index contributed by atoms with van der Waals surface area (Å²) in [4.78, 5) is 16.8. The molecule has 1 aromatic rings. The van der Waals surface area contributed by atoms with Gasteiger partial charge in [0.15, 0.2) is 0 Å². The molecule has 2 aliphatic heterocycles. The van der Waals surface area contributed by atoms with E-state index in [2.05, 4.69) is 10.3 Å². The number of carbonyl (C=O) groups excluding carboxylic acids is 1. The molecule has 0 radical (unpaired) electrons. The molecule has 0 unspecified atom stereocenters. The van der Waals surface area contributed by atoms with E-state index in [4.69, 9.17) is 0 Å². The van der Waals surface area contributed by atoms with Gasteiger partial charge in [0, 0.05) is 25.7 Å². The lowest BCUT2D eigenvalue weighted by Crippen LogP contribution is -2.35. The summed E-state index contributed by atoms with van der Waals surface area (Å²) in [5, 5.41) is 4.10. The fourth-order valence-electron chi connectivity index (χ4n) is 3.33. The number of hydrogen-bond acceptors (Lipinski definition) is 3. The summed E-state index contributed by atoms with van der Waals surface area (Å²) < 4.78 is 0. The first-order valence-corrected chi connectivity index (χ1v) is 8.97. The van der Waals surface area contributed by atoms with E-state index in [1.165, 1.54) is 38.9 Å². The van der Waals surface area contributed by atoms with Crippen LogP contribution < -0.4 is 0 Å². The molecule has 3 nitrogen and oxygen atoms in total. The fraction of sp³-hybridized carbons (Fsp3) is 0.588. The highest BCUT2D eigenvalue weighted by Crippen LogP contribution is 2.20. The van der Waals surface area contributed by atoms with Gasteiger partial charge in [-0.05, 0) is 66.7 Å². The smallest absolute Gasteiger partial charge is 0.246 e. The lowest BCUT2D eigenvalue weighted by molar-refractivity contribution is -0.125. The molecule has 3 heterocycles. The van der Waals surface area contributed by atoms with Crippen molar-refractivity contribution < 1.29 is 4.79 Å². The van der Waals surface area contributed by atoms with Crippen LogP contribution in [0.1, 0.15) is 31.2 Å². The van der Waals surface area contributed by atoms with Crippen LogP contribution in [-0.4, -0.2) is 48.4 Å². The molecule has 1 amide bonds. The monoisotopic (exact) mass is 304 g/mol. The van der Waals surface area contributed by atoms with Gasteiger partial charge in [0.1, 0.15) is 0 Å². The van der Waals surface area contributed by atoms with E-state index in [1.54, 1.807) is 17.4 Å². The van der Waals surface area contributed by atoms with Crippen molar-refractivity contribution in [2.75, 3.05) is 32.7 Å². The molecule has 0 aromatic carbocycles. The van der Waals surface area contributed by atoms with Crippen molar-refractivity contribution in [1.82, 2.24) is 9.80 Å². The predicted molar refractivity (Wildman–Crippen MR) is 88.3 cm³/mol.